The number of aromatic nitrogens is 2. The van der Waals surface area contributed by atoms with Crippen molar-refractivity contribution >= 4 is 0 Å². The normalized spacial score (nSPS) is 22.6. The molecule has 1 aromatic rings. The fraction of sp³-hybridized carbons (Fsp3) is 0.750. The molecule has 1 N–H and O–H groups in total. The number of hydrogen-bond acceptors (Lipinski definition) is 2. The molecule has 2 heterocycles. The Bertz CT molecular complexity index is 342. The average Bonchev–Trinajstić information content (AvgIpc) is 2.87. The Morgan fingerprint density at radius 3 is 3.12 bits per heavy atom. The molecule has 2 rings (SSSR count). The summed E-state index contributed by atoms with van der Waals surface area (Å²) in [5.74, 6) is 0. The van der Waals surface area contributed by atoms with E-state index in [1.807, 2.05) is 24.6 Å². The summed E-state index contributed by atoms with van der Waals surface area (Å²) in [5, 5.41) is 7.55. The van der Waals surface area contributed by atoms with Gasteiger partial charge in [0.05, 0.1) is 5.69 Å². The number of halogens is 1. The second kappa shape index (κ2) is 4.95. The highest BCUT2D eigenvalue weighted by Gasteiger charge is 2.25. The summed E-state index contributed by atoms with van der Waals surface area (Å²) in [5.41, 5.74) is 1.99. The average molecular weight is 225 g/mol. The van der Waals surface area contributed by atoms with Crippen molar-refractivity contribution in [3.8, 4) is 0 Å². The molecule has 0 radical (unpaired) electrons. The van der Waals surface area contributed by atoms with Crippen molar-refractivity contribution in [3.63, 3.8) is 0 Å². The lowest BCUT2D eigenvalue weighted by molar-refractivity contribution is 0.259. The van der Waals surface area contributed by atoms with Crippen LogP contribution in [-0.2, 0) is 13.0 Å². The molecule has 0 amide bonds. The number of aryl methyl sites for hydroxylation is 2. The van der Waals surface area contributed by atoms with E-state index in [0.29, 0.717) is 6.42 Å². The molecule has 1 aromatic heterocycles. The van der Waals surface area contributed by atoms with Crippen molar-refractivity contribution < 1.29 is 4.39 Å². The minimum absolute atomic E-state index is 0.0421. The van der Waals surface area contributed by atoms with E-state index < -0.39 is 6.17 Å². The summed E-state index contributed by atoms with van der Waals surface area (Å²) in [7, 11) is 0. The van der Waals surface area contributed by atoms with Gasteiger partial charge in [-0.3, -0.25) is 4.68 Å². The zero-order valence-corrected chi connectivity index (χ0v) is 10.0. The van der Waals surface area contributed by atoms with E-state index in [-0.39, 0.29) is 6.04 Å². The summed E-state index contributed by atoms with van der Waals surface area (Å²) < 4.78 is 15.9. The number of hydrogen-bond donors (Lipinski definition) is 1. The second-order valence-electron chi connectivity index (χ2n) is 4.52. The van der Waals surface area contributed by atoms with Crippen LogP contribution in [0.3, 0.4) is 0 Å². The molecule has 0 aromatic carbocycles. The van der Waals surface area contributed by atoms with Crippen LogP contribution in [0.1, 0.15) is 31.2 Å². The Kier molecular flexibility index (Phi) is 3.59. The van der Waals surface area contributed by atoms with E-state index in [4.69, 9.17) is 0 Å². The zero-order valence-electron chi connectivity index (χ0n) is 10.0. The number of nitrogens with zero attached hydrogens (tertiary/aromatic N) is 2. The minimum Gasteiger partial charge on any atom is -0.311 e. The Morgan fingerprint density at radius 1 is 1.69 bits per heavy atom. The van der Waals surface area contributed by atoms with Crippen LogP contribution in [0.2, 0.25) is 0 Å². The van der Waals surface area contributed by atoms with Crippen LogP contribution in [0.15, 0.2) is 6.07 Å². The molecule has 1 aliphatic heterocycles. The van der Waals surface area contributed by atoms with Gasteiger partial charge in [-0.25, -0.2) is 4.39 Å². The van der Waals surface area contributed by atoms with Gasteiger partial charge in [-0.05, 0) is 39.3 Å². The Labute approximate surface area is 96.0 Å². The van der Waals surface area contributed by atoms with Crippen molar-refractivity contribution in [1.29, 1.82) is 0 Å². The van der Waals surface area contributed by atoms with Gasteiger partial charge < -0.3 is 5.32 Å². The third-order valence-electron chi connectivity index (χ3n) is 3.22. The molecule has 16 heavy (non-hydrogen) atoms. The largest absolute Gasteiger partial charge is 0.311 e. The van der Waals surface area contributed by atoms with Crippen LogP contribution in [0.25, 0.3) is 0 Å². The maximum Gasteiger partial charge on any atom is 0.121 e. The van der Waals surface area contributed by atoms with Gasteiger partial charge in [0, 0.05) is 24.7 Å². The third kappa shape index (κ3) is 2.43. The first kappa shape index (κ1) is 11.6. The molecule has 90 valence electrons. The summed E-state index contributed by atoms with van der Waals surface area (Å²) in [6.07, 6.45) is 1.74. The molecule has 1 aliphatic rings. The van der Waals surface area contributed by atoms with E-state index in [9.17, 15) is 4.39 Å². The first-order valence-corrected chi connectivity index (χ1v) is 6.11. The molecule has 2 unspecified atom stereocenters. The van der Waals surface area contributed by atoms with Crippen molar-refractivity contribution in [2.45, 2.75) is 51.9 Å². The molecule has 0 bridgehead atoms. The predicted octanol–water partition coefficient (Wildman–Crippen LogP) is 1.84. The van der Waals surface area contributed by atoms with Gasteiger partial charge in [0.1, 0.15) is 6.17 Å². The van der Waals surface area contributed by atoms with Crippen molar-refractivity contribution in [1.82, 2.24) is 15.1 Å². The topological polar surface area (TPSA) is 29.9 Å². The van der Waals surface area contributed by atoms with E-state index >= 15 is 0 Å². The number of rotatable bonds is 4. The van der Waals surface area contributed by atoms with E-state index in [2.05, 4.69) is 10.4 Å². The van der Waals surface area contributed by atoms with Gasteiger partial charge in [-0.1, -0.05) is 0 Å². The molecular weight excluding hydrogens is 205 g/mol. The van der Waals surface area contributed by atoms with Gasteiger partial charge in [0.2, 0.25) is 0 Å². The van der Waals surface area contributed by atoms with Gasteiger partial charge in [-0.2, -0.15) is 5.10 Å². The lowest BCUT2D eigenvalue weighted by atomic mass is 10.1. The van der Waals surface area contributed by atoms with Crippen LogP contribution in [0.4, 0.5) is 4.39 Å². The van der Waals surface area contributed by atoms with Crippen LogP contribution in [-0.4, -0.2) is 28.5 Å². The molecular formula is C12H20FN3. The van der Waals surface area contributed by atoms with Crippen molar-refractivity contribution in [3.05, 3.63) is 17.5 Å². The quantitative estimate of drug-likeness (QED) is 0.847. The molecule has 0 saturated carbocycles. The highest BCUT2D eigenvalue weighted by Crippen LogP contribution is 2.17. The maximum atomic E-state index is 14.0. The second-order valence-corrected chi connectivity index (χ2v) is 4.52. The fourth-order valence-electron chi connectivity index (χ4n) is 2.40. The van der Waals surface area contributed by atoms with Crippen LogP contribution < -0.4 is 5.32 Å². The predicted molar refractivity (Wildman–Crippen MR) is 62.3 cm³/mol. The van der Waals surface area contributed by atoms with E-state index in [0.717, 1.165) is 37.3 Å². The standard InChI is InChI=1S/C12H20FN3/c1-3-16-10(7-9(2)15-16)8-11(13)12-5-4-6-14-12/h7,11-12,14H,3-6,8H2,1-2H3. The summed E-state index contributed by atoms with van der Waals surface area (Å²) in [4.78, 5) is 0. The highest BCUT2D eigenvalue weighted by atomic mass is 19.1. The first-order chi connectivity index (χ1) is 7.70. The van der Waals surface area contributed by atoms with Crippen LogP contribution in [0.5, 0.6) is 0 Å². The summed E-state index contributed by atoms with van der Waals surface area (Å²) in [6, 6.07) is 2.03. The molecule has 2 atom stereocenters. The van der Waals surface area contributed by atoms with Gasteiger partial charge in [-0.15, -0.1) is 0 Å². The lowest BCUT2D eigenvalue weighted by Gasteiger charge is -2.16. The Morgan fingerprint density at radius 2 is 2.50 bits per heavy atom. The Balaban J connectivity index is 2.01. The molecule has 0 spiro atoms. The lowest BCUT2D eigenvalue weighted by Crippen LogP contribution is -2.33. The van der Waals surface area contributed by atoms with Gasteiger partial charge in [0.25, 0.3) is 0 Å². The van der Waals surface area contributed by atoms with Gasteiger partial charge >= 0.3 is 0 Å². The summed E-state index contributed by atoms with van der Waals surface area (Å²) >= 11 is 0. The van der Waals surface area contributed by atoms with Crippen LogP contribution >= 0.6 is 0 Å². The number of alkyl halides is 1. The Hall–Kier alpha value is -0.900. The minimum atomic E-state index is -0.788. The molecule has 1 saturated heterocycles. The van der Waals surface area contributed by atoms with Crippen molar-refractivity contribution in [2.24, 2.45) is 0 Å². The maximum absolute atomic E-state index is 14.0. The molecule has 4 heteroatoms. The SMILES string of the molecule is CCn1nc(C)cc1CC(F)C1CCCN1. The first-order valence-electron chi connectivity index (χ1n) is 6.11. The monoisotopic (exact) mass is 225 g/mol. The number of nitrogens with one attached hydrogen (secondary N) is 1. The van der Waals surface area contributed by atoms with Crippen LogP contribution in [0, 0.1) is 6.92 Å². The summed E-state index contributed by atoms with van der Waals surface area (Å²) in [6.45, 7) is 5.76. The fourth-order valence-corrected chi connectivity index (χ4v) is 2.40. The smallest absolute Gasteiger partial charge is 0.121 e. The molecule has 1 fully saturated rings. The van der Waals surface area contributed by atoms with Crippen molar-refractivity contribution in [2.75, 3.05) is 6.54 Å². The van der Waals surface area contributed by atoms with Gasteiger partial charge in [0.15, 0.2) is 0 Å². The zero-order chi connectivity index (χ0) is 11.5. The molecule has 3 nitrogen and oxygen atoms in total. The van der Waals surface area contributed by atoms with E-state index in [1.54, 1.807) is 0 Å². The highest BCUT2D eigenvalue weighted by molar-refractivity contribution is 5.10. The third-order valence-corrected chi connectivity index (χ3v) is 3.22. The van der Waals surface area contributed by atoms with E-state index in [1.165, 1.54) is 0 Å². The molecule has 0 aliphatic carbocycles.